The summed E-state index contributed by atoms with van der Waals surface area (Å²) < 4.78 is 6.83. The van der Waals surface area contributed by atoms with E-state index in [0.717, 1.165) is 0 Å². The van der Waals surface area contributed by atoms with Crippen molar-refractivity contribution in [3.05, 3.63) is 73.3 Å². The highest BCUT2D eigenvalue weighted by Crippen LogP contribution is 2.37. The predicted molar refractivity (Wildman–Crippen MR) is 109 cm³/mol. The summed E-state index contributed by atoms with van der Waals surface area (Å²) in [5, 5.41) is 11.8. The molecule has 0 amide bonds. The van der Waals surface area contributed by atoms with Gasteiger partial charge in [-0.25, -0.2) is 0 Å². The van der Waals surface area contributed by atoms with Crippen LogP contribution in [0.4, 0.5) is 0 Å². The van der Waals surface area contributed by atoms with Crippen LogP contribution in [0.2, 0.25) is 5.04 Å². The summed E-state index contributed by atoms with van der Waals surface area (Å²) in [5.74, 6) is 0.159. The van der Waals surface area contributed by atoms with Gasteiger partial charge in [0.15, 0.2) is 0 Å². The van der Waals surface area contributed by atoms with Crippen molar-refractivity contribution in [3.8, 4) is 0 Å². The fraction of sp³-hybridized carbons (Fsp3) is 0.364. The molecule has 0 aromatic heterocycles. The smallest absolute Gasteiger partial charge is 0.261 e. The van der Waals surface area contributed by atoms with Crippen LogP contribution in [0.1, 0.15) is 27.2 Å². The summed E-state index contributed by atoms with van der Waals surface area (Å²) in [5.41, 5.74) is 0. The summed E-state index contributed by atoms with van der Waals surface area (Å²) >= 11 is 0. The van der Waals surface area contributed by atoms with E-state index in [1.54, 1.807) is 0 Å². The Hall–Kier alpha value is -1.68. The third-order valence-electron chi connectivity index (χ3n) is 4.76. The number of benzene rings is 2. The number of hydrogen-bond acceptors (Lipinski definition) is 2. The molecule has 134 valence electrons. The zero-order chi connectivity index (χ0) is 18.3. The molecular weight excluding hydrogens is 324 g/mol. The van der Waals surface area contributed by atoms with Crippen LogP contribution in [0.15, 0.2) is 73.3 Å². The fourth-order valence-electron chi connectivity index (χ4n) is 3.43. The van der Waals surface area contributed by atoms with Gasteiger partial charge >= 0.3 is 0 Å². The minimum Gasteiger partial charge on any atom is -0.407 e. The average molecular weight is 355 g/mol. The maximum atomic E-state index is 9.30. The minimum atomic E-state index is -2.49. The van der Waals surface area contributed by atoms with Gasteiger partial charge in [-0.05, 0) is 21.8 Å². The van der Waals surface area contributed by atoms with Crippen LogP contribution < -0.4 is 10.4 Å². The first-order valence-corrected chi connectivity index (χ1v) is 10.8. The monoisotopic (exact) mass is 354 g/mol. The third-order valence-corrected chi connectivity index (χ3v) is 9.77. The van der Waals surface area contributed by atoms with Gasteiger partial charge in [0.1, 0.15) is 0 Å². The molecule has 0 saturated carbocycles. The molecule has 0 aliphatic carbocycles. The van der Waals surface area contributed by atoms with E-state index in [9.17, 15) is 5.11 Å². The van der Waals surface area contributed by atoms with Gasteiger partial charge in [0.25, 0.3) is 8.32 Å². The summed E-state index contributed by atoms with van der Waals surface area (Å²) in [6, 6.07) is 21.2. The van der Waals surface area contributed by atoms with Crippen molar-refractivity contribution >= 4 is 18.7 Å². The maximum absolute atomic E-state index is 9.30. The Balaban J connectivity index is 2.54. The van der Waals surface area contributed by atoms with Crippen LogP contribution in [-0.4, -0.2) is 26.6 Å². The van der Waals surface area contributed by atoms with E-state index < -0.39 is 8.32 Å². The first-order valence-electron chi connectivity index (χ1n) is 8.94. The standard InChI is InChI=1S/C22H30O2Si/c1-5-19(16-17-23)18-24-25(22(2,3)4,20-12-8-6-9-13-20)21-14-10-7-11-15-21/h5-15,19,23H,1,16-18H2,2-4H3. The SMILES string of the molecule is C=CC(CCO)CO[Si](c1ccccc1)(c1ccccc1)C(C)(C)C. The molecule has 2 nitrogen and oxygen atoms in total. The zero-order valence-electron chi connectivity index (χ0n) is 15.6. The molecule has 25 heavy (non-hydrogen) atoms. The molecule has 2 rings (SSSR count). The first-order chi connectivity index (χ1) is 12.0. The first kappa shape index (κ1) is 19.6. The van der Waals surface area contributed by atoms with Crippen LogP contribution in [0.3, 0.4) is 0 Å². The molecule has 1 unspecified atom stereocenters. The van der Waals surface area contributed by atoms with E-state index >= 15 is 0 Å². The van der Waals surface area contributed by atoms with Gasteiger partial charge in [-0.2, -0.15) is 0 Å². The average Bonchev–Trinajstić information content (AvgIpc) is 2.62. The lowest BCUT2D eigenvalue weighted by Crippen LogP contribution is -2.66. The molecule has 0 aliphatic rings. The zero-order valence-corrected chi connectivity index (χ0v) is 16.6. The van der Waals surface area contributed by atoms with Crippen LogP contribution in [0.5, 0.6) is 0 Å². The Morgan fingerprint density at radius 1 is 1.00 bits per heavy atom. The maximum Gasteiger partial charge on any atom is 0.261 e. The van der Waals surface area contributed by atoms with Crippen molar-refractivity contribution < 1.29 is 9.53 Å². The number of hydrogen-bond donors (Lipinski definition) is 1. The second kappa shape index (κ2) is 8.61. The normalized spacial score (nSPS) is 13.4. The van der Waals surface area contributed by atoms with Crippen molar-refractivity contribution in [3.63, 3.8) is 0 Å². The van der Waals surface area contributed by atoms with Gasteiger partial charge in [-0.15, -0.1) is 6.58 Å². The Kier molecular flexibility index (Phi) is 6.76. The van der Waals surface area contributed by atoms with Crippen LogP contribution in [0, 0.1) is 5.92 Å². The van der Waals surface area contributed by atoms with E-state index in [0.29, 0.717) is 13.0 Å². The molecule has 0 aliphatic heterocycles. The Morgan fingerprint density at radius 2 is 1.48 bits per heavy atom. The molecule has 0 radical (unpaired) electrons. The highest BCUT2D eigenvalue weighted by molar-refractivity contribution is 6.99. The summed E-state index contributed by atoms with van der Waals surface area (Å²) in [6.07, 6.45) is 2.58. The van der Waals surface area contributed by atoms with Crippen molar-refractivity contribution in [2.45, 2.75) is 32.2 Å². The Morgan fingerprint density at radius 3 is 1.84 bits per heavy atom. The second-order valence-electron chi connectivity index (χ2n) is 7.48. The van der Waals surface area contributed by atoms with E-state index in [4.69, 9.17) is 4.43 Å². The highest BCUT2D eigenvalue weighted by atomic mass is 28.4. The molecule has 3 heteroatoms. The molecule has 0 spiro atoms. The van der Waals surface area contributed by atoms with Crippen molar-refractivity contribution in [2.75, 3.05) is 13.2 Å². The summed E-state index contributed by atoms with van der Waals surface area (Å²) in [7, 11) is -2.49. The van der Waals surface area contributed by atoms with E-state index in [1.165, 1.54) is 10.4 Å². The molecule has 0 bridgehead atoms. The molecule has 1 N–H and O–H groups in total. The Labute approximate surface area is 153 Å². The van der Waals surface area contributed by atoms with Crippen molar-refractivity contribution in [1.82, 2.24) is 0 Å². The highest BCUT2D eigenvalue weighted by Gasteiger charge is 2.50. The number of rotatable bonds is 8. The topological polar surface area (TPSA) is 29.5 Å². The molecule has 1 atom stereocenters. The van der Waals surface area contributed by atoms with Gasteiger partial charge in [-0.3, -0.25) is 0 Å². The largest absolute Gasteiger partial charge is 0.407 e. The predicted octanol–water partition coefficient (Wildman–Crippen LogP) is 3.75. The van der Waals surface area contributed by atoms with E-state index in [2.05, 4.69) is 88.0 Å². The summed E-state index contributed by atoms with van der Waals surface area (Å²) in [6.45, 7) is 11.5. The lowest BCUT2D eigenvalue weighted by molar-refractivity contribution is 0.214. The number of aliphatic hydroxyl groups excluding tert-OH is 1. The van der Waals surface area contributed by atoms with Crippen LogP contribution in [0.25, 0.3) is 0 Å². The lowest BCUT2D eigenvalue weighted by atomic mass is 10.1. The van der Waals surface area contributed by atoms with Gasteiger partial charge in [-0.1, -0.05) is 87.5 Å². The quantitative estimate of drug-likeness (QED) is 0.578. The van der Waals surface area contributed by atoms with E-state index in [1.807, 2.05) is 6.08 Å². The second-order valence-corrected chi connectivity index (χ2v) is 11.8. The third kappa shape index (κ3) is 4.29. The number of aliphatic hydroxyl groups is 1. The van der Waals surface area contributed by atoms with Crippen LogP contribution in [-0.2, 0) is 4.43 Å². The van der Waals surface area contributed by atoms with Gasteiger partial charge in [0.2, 0.25) is 0 Å². The molecule has 0 fully saturated rings. The molecular formula is C22H30O2Si. The van der Waals surface area contributed by atoms with Crippen molar-refractivity contribution in [1.29, 1.82) is 0 Å². The molecule has 0 heterocycles. The minimum absolute atomic E-state index is 0.0271. The van der Waals surface area contributed by atoms with Gasteiger partial charge in [0, 0.05) is 19.1 Å². The van der Waals surface area contributed by atoms with Gasteiger partial charge in [0.05, 0.1) is 0 Å². The van der Waals surface area contributed by atoms with E-state index in [-0.39, 0.29) is 17.6 Å². The van der Waals surface area contributed by atoms with Gasteiger partial charge < -0.3 is 9.53 Å². The summed E-state index contributed by atoms with van der Waals surface area (Å²) in [4.78, 5) is 0. The lowest BCUT2D eigenvalue weighted by Gasteiger charge is -2.43. The van der Waals surface area contributed by atoms with Crippen LogP contribution >= 0.6 is 0 Å². The molecule has 2 aromatic carbocycles. The molecule has 2 aromatic rings. The van der Waals surface area contributed by atoms with Crippen molar-refractivity contribution in [2.24, 2.45) is 5.92 Å². The molecule has 0 saturated heterocycles. The fourth-order valence-corrected chi connectivity index (χ4v) is 8.05. The Bertz CT molecular complexity index is 607.